The highest BCUT2D eigenvalue weighted by Crippen LogP contribution is 2.26. The Kier molecular flexibility index (Phi) is 5.48. The maximum atomic E-state index is 12.0. The molecule has 22 heavy (non-hydrogen) atoms. The van der Waals surface area contributed by atoms with E-state index >= 15 is 0 Å². The second kappa shape index (κ2) is 7.16. The number of hydrogen-bond acceptors (Lipinski definition) is 2. The van der Waals surface area contributed by atoms with Gasteiger partial charge in [0.1, 0.15) is 5.75 Å². The van der Waals surface area contributed by atoms with E-state index in [0.717, 1.165) is 21.2 Å². The first kappa shape index (κ1) is 16.8. The number of anilines is 1. The minimum Gasteiger partial charge on any atom is -0.483 e. The van der Waals surface area contributed by atoms with E-state index in [1.165, 1.54) is 0 Å². The number of aryl methyl sites for hydroxylation is 3. The van der Waals surface area contributed by atoms with E-state index < -0.39 is 0 Å². The molecule has 0 aliphatic heterocycles. The van der Waals surface area contributed by atoms with Gasteiger partial charge in [0.05, 0.1) is 0 Å². The fraction of sp³-hybridized carbons (Fsp3) is 0.235. The van der Waals surface area contributed by atoms with Crippen LogP contribution in [-0.4, -0.2) is 12.5 Å². The Morgan fingerprint density at radius 2 is 1.86 bits per heavy atom. The van der Waals surface area contributed by atoms with Crippen LogP contribution < -0.4 is 10.1 Å². The lowest BCUT2D eigenvalue weighted by Crippen LogP contribution is -2.21. The van der Waals surface area contributed by atoms with Crippen molar-refractivity contribution < 1.29 is 9.53 Å². The number of benzene rings is 2. The van der Waals surface area contributed by atoms with Crippen LogP contribution in [0, 0.1) is 20.8 Å². The van der Waals surface area contributed by atoms with Gasteiger partial charge in [-0.3, -0.25) is 4.79 Å². The summed E-state index contributed by atoms with van der Waals surface area (Å²) in [6.45, 7) is 5.78. The van der Waals surface area contributed by atoms with Gasteiger partial charge in [0, 0.05) is 15.2 Å². The Morgan fingerprint density at radius 1 is 1.14 bits per heavy atom. The van der Waals surface area contributed by atoms with Crippen molar-refractivity contribution in [3.8, 4) is 5.75 Å². The van der Waals surface area contributed by atoms with Crippen molar-refractivity contribution in [2.75, 3.05) is 11.9 Å². The Labute approximate surface area is 143 Å². The molecule has 2 rings (SSSR count). The fourth-order valence-electron chi connectivity index (χ4n) is 1.97. The van der Waals surface area contributed by atoms with Gasteiger partial charge in [0.15, 0.2) is 6.61 Å². The first-order valence-electron chi connectivity index (χ1n) is 6.82. The largest absolute Gasteiger partial charge is 0.483 e. The first-order valence-corrected chi connectivity index (χ1v) is 7.99. The van der Waals surface area contributed by atoms with Gasteiger partial charge in [-0.1, -0.05) is 33.6 Å². The Morgan fingerprint density at radius 3 is 2.59 bits per heavy atom. The molecule has 0 atom stereocenters. The van der Waals surface area contributed by atoms with Gasteiger partial charge >= 0.3 is 0 Å². The molecule has 1 N–H and O–H groups in total. The van der Waals surface area contributed by atoms with E-state index in [2.05, 4.69) is 21.2 Å². The predicted octanol–water partition coefficient (Wildman–Crippen LogP) is 5.05. The van der Waals surface area contributed by atoms with E-state index in [0.29, 0.717) is 16.5 Å². The molecule has 0 bridgehead atoms. The molecule has 0 aromatic heterocycles. The van der Waals surface area contributed by atoms with Crippen LogP contribution in [0.3, 0.4) is 0 Å². The normalized spacial score (nSPS) is 10.4. The van der Waals surface area contributed by atoms with Crippen LogP contribution in [0.5, 0.6) is 5.75 Å². The number of halogens is 2. The summed E-state index contributed by atoms with van der Waals surface area (Å²) in [6, 6.07) is 9.27. The lowest BCUT2D eigenvalue weighted by molar-refractivity contribution is -0.118. The smallest absolute Gasteiger partial charge is 0.262 e. The summed E-state index contributed by atoms with van der Waals surface area (Å²) in [5.74, 6) is 0.490. The van der Waals surface area contributed by atoms with Crippen molar-refractivity contribution >= 4 is 39.1 Å². The van der Waals surface area contributed by atoms with Gasteiger partial charge in [-0.2, -0.15) is 0 Å². The summed E-state index contributed by atoms with van der Waals surface area (Å²) >= 11 is 9.41. The van der Waals surface area contributed by atoms with Crippen molar-refractivity contribution in [3.05, 3.63) is 56.5 Å². The van der Waals surface area contributed by atoms with Gasteiger partial charge in [-0.25, -0.2) is 0 Å². The Hall–Kier alpha value is -1.52. The molecule has 2 aromatic carbocycles. The van der Waals surface area contributed by atoms with Crippen molar-refractivity contribution in [3.63, 3.8) is 0 Å². The fourth-order valence-corrected chi connectivity index (χ4v) is 2.60. The number of ether oxygens (including phenoxy) is 1. The zero-order valence-electron chi connectivity index (χ0n) is 12.7. The van der Waals surface area contributed by atoms with Gasteiger partial charge in [0.2, 0.25) is 0 Å². The number of carbonyl (C=O) groups excluding carboxylic acids is 1. The molecule has 0 heterocycles. The third-order valence-corrected chi connectivity index (χ3v) is 4.38. The minimum absolute atomic E-state index is 0.0478. The molecule has 5 heteroatoms. The molecule has 0 aliphatic rings. The molecular formula is C17H17BrClNO2. The minimum atomic E-state index is -0.217. The molecule has 116 valence electrons. The summed E-state index contributed by atoms with van der Waals surface area (Å²) in [5.41, 5.74) is 3.69. The molecule has 0 saturated heterocycles. The summed E-state index contributed by atoms with van der Waals surface area (Å²) in [5, 5.41) is 3.39. The summed E-state index contributed by atoms with van der Waals surface area (Å²) in [6.07, 6.45) is 0. The zero-order chi connectivity index (χ0) is 16.3. The lowest BCUT2D eigenvalue weighted by atomic mass is 10.1. The topological polar surface area (TPSA) is 38.3 Å². The highest BCUT2D eigenvalue weighted by Gasteiger charge is 2.09. The molecule has 0 aliphatic carbocycles. The third kappa shape index (κ3) is 4.24. The van der Waals surface area contributed by atoms with Crippen molar-refractivity contribution in [2.45, 2.75) is 20.8 Å². The average molecular weight is 383 g/mol. The number of amides is 1. The van der Waals surface area contributed by atoms with Crippen LogP contribution in [0.15, 0.2) is 34.8 Å². The van der Waals surface area contributed by atoms with Crippen LogP contribution in [-0.2, 0) is 4.79 Å². The van der Waals surface area contributed by atoms with Crippen LogP contribution in [0.4, 0.5) is 5.69 Å². The summed E-state index contributed by atoms with van der Waals surface area (Å²) in [7, 11) is 0. The lowest BCUT2D eigenvalue weighted by Gasteiger charge is -2.12. The second-order valence-electron chi connectivity index (χ2n) is 5.16. The van der Waals surface area contributed by atoms with E-state index in [1.807, 2.05) is 39.0 Å². The highest BCUT2D eigenvalue weighted by molar-refractivity contribution is 9.10. The Bertz CT molecular complexity index is 716. The molecule has 0 saturated carbocycles. The number of carbonyl (C=O) groups is 1. The number of nitrogens with one attached hydrogen (secondary N) is 1. The SMILES string of the molecule is Cc1cc(OCC(=O)Nc2cc(Cl)ccc2C)c(C)cc1Br. The third-order valence-electron chi connectivity index (χ3n) is 3.29. The molecule has 0 spiro atoms. The van der Waals surface area contributed by atoms with Crippen LogP contribution in [0.25, 0.3) is 0 Å². The van der Waals surface area contributed by atoms with Crippen molar-refractivity contribution in [1.29, 1.82) is 0 Å². The molecular weight excluding hydrogens is 366 g/mol. The van der Waals surface area contributed by atoms with Crippen LogP contribution in [0.1, 0.15) is 16.7 Å². The monoisotopic (exact) mass is 381 g/mol. The van der Waals surface area contributed by atoms with Crippen molar-refractivity contribution in [1.82, 2.24) is 0 Å². The van der Waals surface area contributed by atoms with E-state index in [-0.39, 0.29) is 12.5 Å². The summed E-state index contributed by atoms with van der Waals surface area (Å²) < 4.78 is 6.64. The molecule has 1 amide bonds. The number of rotatable bonds is 4. The van der Waals surface area contributed by atoms with E-state index in [1.54, 1.807) is 12.1 Å². The quantitative estimate of drug-likeness (QED) is 0.804. The molecule has 0 unspecified atom stereocenters. The second-order valence-corrected chi connectivity index (χ2v) is 6.45. The highest BCUT2D eigenvalue weighted by atomic mass is 79.9. The van der Waals surface area contributed by atoms with Crippen LogP contribution in [0.2, 0.25) is 5.02 Å². The summed E-state index contributed by atoms with van der Waals surface area (Å²) in [4.78, 5) is 12.0. The molecule has 2 aromatic rings. The van der Waals surface area contributed by atoms with Gasteiger partial charge in [-0.05, 0) is 61.7 Å². The maximum Gasteiger partial charge on any atom is 0.262 e. The predicted molar refractivity (Wildman–Crippen MR) is 93.9 cm³/mol. The molecule has 0 radical (unpaired) electrons. The standard InChI is InChI=1S/C17H17BrClNO2/c1-10-4-5-13(19)8-15(10)20-17(21)9-22-16-7-11(2)14(18)6-12(16)3/h4-8H,9H2,1-3H3,(H,20,21). The molecule has 3 nitrogen and oxygen atoms in total. The zero-order valence-corrected chi connectivity index (χ0v) is 15.0. The van der Waals surface area contributed by atoms with E-state index in [4.69, 9.17) is 16.3 Å². The van der Waals surface area contributed by atoms with E-state index in [9.17, 15) is 4.79 Å². The first-order chi connectivity index (χ1) is 10.4. The molecule has 0 fully saturated rings. The van der Waals surface area contributed by atoms with Gasteiger partial charge < -0.3 is 10.1 Å². The average Bonchev–Trinajstić information content (AvgIpc) is 2.45. The van der Waals surface area contributed by atoms with Crippen molar-refractivity contribution in [2.24, 2.45) is 0 Å². The van der Waals surface area contributed by atoms with Gasteiger partial charge in [-0.15, -0.1) is 0 Å². The van der Waals surface area contributed by atoms with Gasteiger partial charge in [0.25, 0.3) is 5.91 Å². The maximum absolute atomic E-state index is 12.0. The van der Waals surface area contributed by atoms with Crippen LogP contribution >= 0.6 is 27.5 Å². The number of hydrogen-bond donors (Lipinski definition) is 1. The Balaban J connectivity index is 2.01.